The molecule has 0 spiro atoms. The zero-order valence-electron chi connectivity index (χ0n) is 11.6. The van der Waals surface area contributed by atoms with Crippen molar-refractivity contribution in [3.05, 3.63) is 0 Å². The minimum Gasteiger partial charge on any atom is -0.393 e. The van der Waals surface area contributed by atoms with Crippen molar-refractivity contribution in [2.45, 2.75) is 51.7 Å². The summed E-state index contributed by atoms with van der Waals surface area (Å²) in [7, 11) is 0. The number of rotatable bonds is 2. The first-order valence-electron chi connectivity index (χ1n) is 7.29. The van der Waals surface area contributed by atoms with Gasteiger partial charge in [-0.25, -0.2) is 0 Å². The molecular weight excluding hydrogens is 228 g/mol. The standard InChI is InChI=1S/C14H26N2O2/c1-11(2)15-7-9-16(10-8-15)14(18)12-3-5-13(17)6-4-12/h11-13,17H,3-10H2,1-2H3. The van der Waals surface area contributed by atoms with Crippen LogP contribution in [0.5, 0.6) is 0 Å². The second-order valence-corrected chi connectivity index (χ2v) is 5.96. The maximum Gasteiger partial charge on any atom is 0.225 e. The molecule has 2 rings (SSSR count). The summed E-state index contributed by atoms with van der Waals surface area (Å²) in [6, 6.07) is 0.576. The van der Waals surface area contributed by atoms with E-state index in [1.54, 1.807) is 0 Å². The molecule has 0 aromatic carbocycles. The third-order valence-corrected chi connectivity index (χ3v) is 4.40. The highest BCUT2D eigenvalue weighted by molar-refractivity contribution is 5.79. The van der Waals surface area contributed by atoms with Gasteiger partial charge in [0.25, 0.3) is 0 Å². The van der Waals surface area contributed by atoms with Crippen molar-refractivity contribution >= 4 is 5.91 Å². The Hall–Kier alpha value is -0.610. The van der Waals surface area contributed by atoms with Crippen LogP contribution < -0.4 is 0 Å². The van der Waals surface area contributed by atoms with Crippen LogP contribution in [-0.2, 0) is 4.79 Å². The van der Waals surface area contributed by atoms with Gasteiger partial charge < -0.3 is 10.0 Å². The van der Waals surface area contributed by atoms with E-state index >= 15 is 0 Å². The van der Waals surface area contributed by atoms with Crippen LogP contribution in [0.25, 0.3) is 0 Å². The van der Waals surface area contributed by atoms with Gasteiger partial charge in [-0.15, -0.1) is 0 Å². The van der Waals surface area contributed by atoms with E-state index in [1.807, 2.05) is 4.90 Å². The number of amides is 1. The predicted molar refractivity (Wildman–Crippen MR) is 71.3 cm³/mol. The minimum atomic E-state index is -0.174. The molecule has 0 bridgehead atoms. The van der Waals surface area contributed by atoms with Gasteiger partial charge in [0.2, 0.25) is 5.91 Å². The summed E-state index contributed by atoms with van der Waals surface area (Å²) in [5, 5.41) is 9.48. The average Bonchev–Trinajstić information content (AvgIpc) is 2.39. The maximum atomic E-state index is 12.4. The minimum absolute atomic E-state index is 0.166. The Balaban J connectivity index is 1.80. The van der Waals surface area contributed by atoms with Gasteiger partial charge >= 0.3 is 0 Å². The Morgan fingerprint density at radius 1 is 1.06 bits per heavy atom. The third kappa shape index (κ3) is 3.23. The van der Waals surface area contributed by atoms with Crippen LogP contribution >= 0.6 is 0 Å². The Kier molecular flexibility index (Phi) is 4.62. The quantitative estimate of drug-likeness (QED) is 0.802. The molecule has 4 nitrogen and oxygen atoms in total. The molecule has 1 amide bonds. The van der Waals surface area contributed by atoms with E-state index in [-0.39, 0.29) is 12.0 Å². The second-order valence-electron chi connectivity index (χ2n) is 5.96. The van der Waals surface area contributed by atoms with Gasteiger partial charge in [-0.3, -0.25) is 9.69 Å². The third-order valence-electron chi connectivity index (χ3n) is 4.40. The highest BCUT2D eigenvalue weighted by Gasteiger charge is 2.30. The number of carbonyl (C=O) groups excluding carboxylic acids is 1. The zero-order valence-corrected chi connectivity index (χ0v) is 11.6. The van der Waals surface area contributed by atoms with Gasteiger partial charge in [0, 0.05) is 38.1 Å². The van der Waals surface area contributed by atoms with E-state index in [4.69, 9.17) is 0 Å². The summed E-state index contributed by atoms with van der Waals surface area (Å²) in [6.07, 6.45) is 3.14. The zero-order chi connectivity index (χ0) is 13.1. The molecule has 2 fully saturated rings. The number of piperazine rings is 1. The van der Waals surface area contributed by atoms with Crippen molar-refractivity contribution in [2.24, 2.45) is 5.92 Å². The molecule has 0 aromatic heterocycles. The molecule has 1 aliphatic heterocycles. The Labute approximate surface area is 110 Å². The van der Waals surface area contributed by atoms with Gasteiger partial charge in [-0.05, 0) is 39.5 Å². The van der Waals surface area contributed by atoms with Crippen molar-refractivity contribution in [2.75, 3.05) is 26.2 Å². The summed E-state index contributed by atoms with van der Waals surface area (Å²) in [5.74, 6) is 0.490. The molecule has 18 heavy (non-hydrogen) atoms. The van der Waals surface area contributed by atoms with Crippen LogP contribution in [0.3, 0.4) is 0 Å². The van der Waals surface area contributed by atoms with Gasteiger partial charge in [-0.2, -0.15) is 0 Å². The topological polar surface area (TPSA) is 43.8 Å². The van der Waals surface area contributed by atoms with Crippen LogP contribution in [-0.4, -0.2) is 59.1 Å². The smallest absolute Gasteiger partial charge is 0.225 e. The molecule has 0 aromatic rings. The predicted octanol–water partition coefficient (Wildman–Crippen LogP) is 1.09. The van der Waals surface area contributed by atoms with Crippen LogP contribution in [0, 0.1) is 5.92 Å². The summed E-state index contributed by atoms with van der Waals surface area (Å²) in [4.78, 5) is 16.8. The fourth-order valence-electron chi connectivity index (χ4n) is 3.04. The lowest BCUT2D eigenvalue weighted by atomic mass is 9.86. The summed E-state index contributed by atoms with van der Waals surface area (Å²) in [6.45, 7) is 8.16. The van der Waals surface area contributed by atoms with Crippen molar-refractivity contribution in [3.63, 3.8) is 0 Å². The molecule has 0 radical (unpaired) electrons. The number of aliphatic hydroxyl groups is 1. The van der Waals surface area contributed by atoms with Crippen LogP contribution in [0.15, 0.2) is 0 Å². The van der Waals surface area contributed by atoms with E-state index in [0.29, 0.717) is 11.9 Å². The highest BCUT2D eigenvalue weighted by atomic mass is 16.3. The lowest BCUT2D eigenvalue weighted by Gasteiger charge is -2.39. The fourth-order valence-corrected chi connectivity index (χ4v) is 3.04. The summed E-state index contributed by atoms with van der Waals surface area (Å²) < 4.78 is 0. The van der Waals surface area contributed by atoms with Crippen LogP contribution in [0.4, 0.5) is 0 Å². The molecule has 1 heterocycles. The van der Waals surface area contributed by atoms with Crippen molar-refractivity contribution in [3.8, 4) is 0 Å². The molecule has 1 saturated carbocycles. The SMILES string of the molecule is CC(C)N1CCN(C(=O)C2CCC(O)CC2)CC1. The summed E-state index contributed by atoms with van der Waals surface area (Å²) >= 11 is 0. The van der Waals surface area contributed by atoms with E-state index in [9.17, 15) is 9.90 Å². The first-order chi connectivity index (χ1) is 8.58. The molecular formula is C14H26N2O2. The molecule has 4 heteroatoms. The van der Waals surface area contributed by atoms with E-state index in [1.165, 1.54) is 0 Å². The first kappa shape index (κ1) is 13.8. The molecule has 0 unspecified atom stereocenters. The van der Waals surface area contributed by atoms with Gasteiger partial charge in [0.15, 0.2) is 0 Å². The molecule has 104 valence electrons. The van der Waals surface area contributed by atoms with E-state index in [0.717, 1.165) is 51.9 Å². The maximum absolute atomic E-state index is 12.4. The molecule has 1 aliphatic carbocycles. The van der Waals surface area contributed by atoms with Crippen LogP contribution in [0.2, 0.25) is 0 Å². The summed E-state index contributed by atoms with van der Waals surface area (Å²) in [5.41, 5.74) is 0. The molecule has 1 saturated heterocycles. The Morgan fingerprint density at radius 2 is 1.61 bits per heavy atom. The van der Waals surface area contributed by atoms with Crippen molar-refractivity contribution in [1.82, 2.24) is 9.80 Å². The van der Waals surface area contributed by atoms with Gasteiger partial charge in [-0.1, -0.05) is 0 Å². The largest absolute Gasteiger partial charge is 0.393 e. The highest BCUT2D eigenvalue weighted by Crippen LogP contribution is 2.26. The monoisotopic (exact) mass is 254 g/mol. The van der Waals surface area contributed by atoms with Crippen molar-refractivity contribution < 1.29 is 9.90 Å². The van der Waals surface area contributed by atoms with Crippen molar-refractivity contribution in [1.29, 1.82) is 0 Å². The number of carbonyl (C=O) groups is 1. The lowest BCUT2D eigenvalue weighted by Crippen LogP contribution is -2.52. The Morgan fingerprint density at radius 3 is 2.11 bits per heavy atom. The average molecular weight is 254 g/mol. The van der Waals surface area contributed by atoms with Gasteiger partial charge in [0.1, 0.15) is 0 Å². The lowest BCUT2D eigenvalue weighted by molar-refractivity contribution is -0.139. The fraction of sp³-hybridized carbons (Fsp3) is 0.929. The Bertz CT molecular complexity index is 278. The number of aliphatic hydroxyl groups excluding tert-OH is 1. The molecule has 0 atom stereocenters. The number of hydrogen-bond donors (Lipinski definition) is 1. The molecule has 2 aliphatic rings. The second kappa shape index (κ2) is 6.02. The van der Waals surface area contributed by atoms with Gasteiger partial charge in [0.05, 0.1) is 6.10 Å². The van der Waals surface area contributed by atoms with E-state index < -0.39 is 0 Å². The number of nitrogens with zero attached hydrogens (tertiary/aromatic N) is 2. The molecule has 1 N–H and O–H groups in total. The van der Waals surface area contributed by atoms with Crippen LogP contribution in [0.1, 0.15) is 39.5 Å². The number of hydrogen-bond acceptors (Lipinski definition) is 3. The van der Waals surface area contributed by atoms with E-state index in [2.05, 4.69) is 18.7 Å². The normalized spacial score (nSPS) is 30.8. The first-order valence-corrected chi connectivity index (χ1v) is 7.29.